The Hall–Kier alpha value is -1.39. The molecule has 0 saturated carbocycles. The molecule has 0 unspecified atom stereocenters. The number of rotatable bonds is 2. The average molecular weight is 295 g/mol. The van der Waals surface area contributed by atoms with Gasteiger partial charge in [-0.05, 0) is 17.3 Å². The molecule has 0 aliphatic rings. The maximum Gasteiger partial charge on any atom is 0.123 e. The van der Waals surface area contributed by atoms with Crippen molar-refractivity contribution >= 4 is 30.5 Å². The highest BCUT2D eigenvalue weighted by Crippen LogP contribution is 2.24. The van der Waals surface area contributed by atoms with Gasteiger partial charge in [-0.2, -0.15) is 0 Å². The van der Waals surface area contributed by atoms with E-state index < -0.39 is 8.07 Å². The van der Waals surface area contributed by atoms with Crippen LogP contribution in [0.3, 0.4) is 0 Å². The van der Waals surface area contributed by atoms with Crippen LogP contribution in [0.2, 0.25) is 24.7 Å². The summed E-state index contributed by atoms with van der Waals surface area (Å²) in [5, 5.41) is 1.22. The molecule has 2 rings (SSSR count). The van der Waals surface area contributed by atoms with Gasteiger partial charge in [0.05, 0.1) is 24.5 Å². The number of nitrogens with two attached hydrogens (primary N) is 1. The SMILES string of the molecule is C[Si](C)(C)c1ccc(-c2cc(N)c(Cl)cn2)cc1F. The van der Waals surface area contributed by atoms with Gasteiger partial charge in [0.15, 0.2) is 0 Å². The first-order chi connectivity index (χ1) is 8.79. The van der Waals surface area contributed by atoms with Crippen LogP contribution in [-0.2, 0) is 0 Å². The van der Waals surface area contributed by atoms with Crippen LogP contribution >= 0.6 is 11.6 Å². The van der Waals surface area contributed by atoms with Crippen molar-refractivity contribution in [2.24, 2.45) is 0 Å². The third-order valence-electron chi connectivity index (χ3n) is 2.96. The average Bonchev–Trinajstić information content (AvgIpc) is 2.31. The summed E-state index contributed by atoms with van der Waals surface area (Å²) < 4.78 is 14.2. The highest BCUT2D eigenvalue weighted by molar-refractivity contribution is 6.88. The van der Waals surface area contributed by atoms with Gasteiger partial charge in [-0.1, -0.05) is 43.4 Å². The van der Waals surface area contributed by atoms with Gasteiger partial charge >= 0.3 is 0 Å². The lowest BCUT2D eigenvalue weighted by Gasteiger charge is -2.18. The Morgan fingerprint density at radius 1 is 1.21 bits per heavy atom. The van der Waals surface area contributed by atoms with E-state index in [9.17, 15) is 4.39 Å². The van der Waals surface area contributed by atoms with E-state index >= 15 is 0 Å². The molecule has 0 fully saturated rings. The minimum atomic E-state index is -1.66. The highest BCUT2D eigenvalue weighted by Gasteiger charge is 2.21. The second-order valence-corrected chi connectivity index (χ2v) is 11.0. The fourth-order valence-electron chi connectivity index (χ4n) is 1.89. The van der Waals surface area contributed by atoms with Crippen LogP contribution in [0.4, 0.5) is 10.1 Å². The number of halogens is 2. The zero-order chi connectivity index (χ0) is 14.2. The van der Waals surface area contributed by atoms with Crippen LogP contribution in [0, 0.1) is 5.82 Å². The molecule has 0 aliphatic carbocycles. The maximum atomic E-state index is 14.2. The van der Waals surface area contributed by atoms with E-state index in [0.717, 1.165) is 5.19 Å². The Kier molecular flexibility index (Phi) is 3.65. The van der Waals surface area contributed by atoms with Gasteiger partial charge in [0.2, 0.25) is 0 Å². The molecule has 0 saturated heterocycles. The predicted molar refractivity (Wildman–Crippen MR) is 82.0 cm³/mol. The molecule has 1 heterocycles. The van der Waals surface area contributed by atoms with Crippen molar-refractivity contribution in [1.29, 1.82) is 0 Å². The van der Waals surface area contributed by atoms with Gasteiger partial charge in [0.25, 0.3) is 0 Å². The quantitative estimate of drug-likeness (QED) is 0.858. The monoisotopic (exact) mass is 294 g/mol. The lowest BCUT2D eigenvalue weighted by atomic mass is 10.1. The number of benzene rings is 1. The summed E-state index contributed by atoms with van der Waals surface area (Å²) in [4.78, 5) is 4.18. The molecule has 19 heavy (non-hydrogen) atoms. The minimum Gasteiger partial charge on any atom is -0.397 e. The van der Waals surface area contributed by atoms with Crippen molar-refractivity contribution in [1.82, 2.24) is 4.98 Å². The van der Waals surface area contributed by atoms with Crippen LogP contribution < -0.4 is 10.9 Å². The Labute approximate surface area is 118 Å². The molecule has 1 aromatic heterocycles. The minimum absolute atomic E-state index is 0.174. The Morgan fingerprint density at radius 2 is 1.89 bits per heavy atom. The van der Waals surface area contributed by atoms with Crippen molar-refractivity contribution in [3.05, 3.63) is 41.3 Å². The topological polar surface area (TPSA) is 38.9 Å². The first-order valence-electron chi connectivity index (χ1n) is 6.00. The summed E-state index contributed by atoms with van der Waals surface area (Å²) in [7, 11) is -1.66. The molecule has 0 aliphatic heterocycles. The summed E-state index contributed by atoms with van der Waals surface area (Å²) >= 11 is 5.83. The standard InChI is InChI=1S/C14H16ClFN2Si/c1-19(2,3)14-5-4-9(6-11(14)16)13-7-12(17)10(15)8-18-13/h4-8H,1-3H3,(H2,17,18). The van der Waals surface area contributed by atoms with Crippen molar-refractivity contribution in [3.63, 3.8) is 0 Å². The smallest absolute Gasteiger partial charge is 0.123 e. The maximum absolute atomic E-state index is 14.2. The van der Waals surface area contributed by atoms with E-state index in [-0.39, 0.29) is 5.82 Å². The third kappa shape index (κ3) is 2.96. The number of hydrogen-bond acceptors (Lipinski definition) is 2. The number of nitrogen functional groups attached to an aromatic ring is 1. The van der Waals surface area contributed by atoms with Crippen molar-refractivity contribution < 1.29 is 4.39 Å². The Morgan fingerprint density at radius 3 is 2.42 bits per heavy atom. The fraction of sp³-hybridized carbons (Fsp3) is 0.214. The second kappa shape index (κ2) is 4.94. The number of anilines is 1. The van der Waals surface area contributed by atoms with Gasteiger partial charge in [0, 0.05) is 11.8 Å². The van der Waals surface area contributed by atoms with E-state index in [1.807, 2.05) is 12.1 Å². The number of pyridine rings is 1. The number of hydrogen-bond donors (Lipinski definition) is 1. The molecule has 0 spiro atoms. The Bertz CT molecular complexity index is 623. The molecule has 0 radical (unpaired) electrons. The van der Waals surface area contributed by atoms with Gasteiger partial charge in [-0.25, -0.2) is 4.39 Å². The highest BCUT2D eigenvalue weighted by atomic mass is 35.5. The molecule has 2 aromatic rings. The predicted octanol–water partition coefficient (Wildman–Crippen LogP) is 3.67. The van der Waals surface area contributed by atoms with Gasteiger partial charge < -0.3 is 5.73 Å². The molecule has 100 valence electrons. The van der Waals surface area contributed by atoms with E-state index in [0.29, 0.717) is 22.0 Å². The molecule has 1 aromatic carbocycles. The summed E-state index contributed by atoms with van der Waals surface area (Å²) in [5.74, 6) is -0.174. The van der Waals surface area contributed by atoms with Crippen LogP contribution in [0.1, 0.15) is 0 Å². The summed E-state index contributed by atoms with van der Waals surface area (Å²) in [6.07, 6.45) is 1.48. The third-order valence-corrected chi connectivity index (χ3v) is 5.30. The lowest BCUT2D eigenvalue weighted by molar-refractivity contribution is 0.635. The zero-order valence-corrected chi connectivity index (χ0v) is 12.9. The Balaban J connectivity index is 2.47. The van der Waals surface area contributed by atoms with Crippen molar-refractivity contribution in [2.45, 2.75) is 19.6 Å². The normalized spacial score (nSPS) is 11.6. The van der Waals surface area contributed by atoms with E-state index in [2.05, 4.69) is 24.6 Å². The van der Waals surface area contributed by atoms with Gasteiger partial charge in [0.1, 0.15) is 5.82 Å². The van der Waals surface area contributed by atoms with Crippen LogP contribution in [0.15, 0.2) is 30.5 Å². The molecule has 2 N–H and O–H groups in total. The molecule has 5 heteroatoms. The summed E-state index contributed by atoms with van der Waals surface area (Å²) in [6.45, 7) is 6.34. The van der Waals surface area contributed by atoms with Gasteiger partial charge in [-0.3, -0.25) is 4.98 Å². The van der Waals surface area contributed by atoms with Crippen LogP contribution in [0.25, 0.3) is 11.3 Å². The molecule has 2 nitrogen and oxygen atoms in total. The van der Waals surface area contributed by atoms with Crippen molar-refractivity contribution in [3.8, 4) is 11.3 Å². The molecular formula is C14H16ClFN2Si. The van der Waals surface area contributed by atoms with Gasteiger partial charge in [-0.15, -0.1) is 0 Å². The molecular weight excluding hydrogens is 279 g/mol. The number of nitrogens with zero attached hydrogens (tertiary/aromatic N) is 1. The largest absolute Gasteiger partial charge is 0.397 e. The van der Waals surface area contributed by atoms with Crippen molar-refractivity contribution in [2.75, 3.05) is 5.73 Å². The molecule has 0 amide bonds. The second-order valence-electron chi connectivity index (χ2n) is 5.54. The summed E-state index contributed by atoms with van der Waals surface area (Å²) in [6, 6.07) is 6.91. The fourth-order valence-corrected chi connectivity index (χ4v) is 3.37. The van der Waals surface area contributed by atoms with E-state index in [4.69, 9.17) is 17.3 Å². The van der Waals surface area contributed by atoms with Crippen LogP contribution in [-0.4, -0.2) is 13.1 Å². The molecule has 0 bridgehead atoms. The van der Waals surface area contributed by atoms with E-state index in [1.165, 1.54) is 12.3 Å². The van der Waals surface area contributed by atoms with E-state index in [1.54, 1.807) is 6.07 Å². The number of aromatic nitrogens is 1. The van der Waals surface area contributed by atoms with Crippen LogP contribution in [0.5, 0.6) is 0 Å². The lowest BCUT2D eigenvalue weighted by Crippen LogP contribution is -2.39. The first-order valence-corrected chi connectivity index (χ1v) is 9.88. The zero-order valence-electron chi connectivity index (χ0n) is 11.2. The first kappa shape index (κ1) is 14.0. The summed E-state index contributed by atoms with van der Waals surface area (Å²) in [5.41, 5.74) is 7.52. The molecule has 0 atom stereocenters.